The summed E-state index contributed by atoms with van der Waals surface area (Å²) in [6, 6.07) is 16.1. The molecule has 0 unspecified atom stereocenters. The fourth-order valence-electron chi connectivity index (χ4n) is 3.89. The van der Waals surface area contributed by atoms with Gasteiger partial charge in [-0.3, -0.25) is 0 Å². The van der Waals surface area contributed by atoms with Crippen molar-refractivity contribution in [2.45, 2.75) is 24.4 Å². The van der Waals surface area contributed by atoms with Crippen molar-refractivity contribution < 1.29 is 17.9 Å². The van der Waals surface area contributed by atoms with Gasteiger partial charge in [-0.15, -0.1) is 0 Å². The van der Waals surface area contributed by atoms with E-state index in [-0.39, 0.29) is 4.90 Å². The maximum absolute atomic E-state index is 13.6. The normalized spacial score (nSPS) is 17.0. The van der Waals surface area contributed by atoms with Crippen molar-refractivity contribution in [1.82, 2.24) is 8.87 Å². The average molecular weight is 413 g/mol. The van der Waals surface area contributed by atoms with Gasteiger partial charge in [0.2, 0.25) is 10.0 Å². The molecule has 0 amide bonds. The van der Waals surface area contributed by atoms with Crippen LogP contribution in [-0.4, -0.2) is 38.1 Å². The number of fused-ring (bicyclic) bond motifs is 1. The van der Waals surface area contributed by atoms with Crippen LogP contribution < -0.4 is 9.47 Å². The summed E-state index contributed by atoms with van der Waals surface area (Å²) >= 11 is 0. The zero-order valence-corrected chi connectivity index (χ0v) is 17.5. The first-order valence-corrected chi connectivity index (χ1v) is 10.8. The van der Waals surface area contributed by atoms with Gasteiger partial charge in [-0.05, 0) is 60.5 Å². The molecule has 0 radical (unpaired) electrons. The summed E-state index contributed by atoms with van der Waals surface area (Å²) in [7, 11) is -0.517. The zero-order chi connectivity index (χ0) is 20.6. The van der Waals surface area contributed by atoms with Gasteiger partial charge in [0.1, 0.15) is 11.5 Å². The summed E-state index contributed by atoms with van der Waals surface area (Å²) in [5, 5.41) is 0. The van der Waals surface area contributed by atoms with Gasteiger partial charge in [0.05, 0.1) is 25.2 Å². The van der Waals surface area contributed by atoms with E-state index in [1.165, 1.54) is 0 Å². The minimum absolute atomic E-state index is 0.273. The molecule has 0 saturated carbocycles. The smallest absolute Gasteiger partial charge is 0.244 e. The summed E-state index contributed by atoms with van der Waals surface area (Å²) in [5.74, 6) is 1.41. The van der Waals surface area contributed by atoms with Crippen molar-refractivity contribution >= 4 is 10.0 Å². The van der Waals surface area contributed by atoms with Crippen LogP contribution in [0.15, 0.2) is 65.7 Å². The van der Waals surface area contributed by atoms with Gasteiger partial charge in [-0.1, -0.05) is 12.1 Å². The maximum Gasteiger partial charge on any atom is 0.244 e. The lowest BCUT2D eigenvalue weighted by atomic mass is 10.0. The number of hydrogen-bond donors (Lipinski definition) is 0. The minimum Gasteiger partial charge on any atom is -0.497 e. The van der Waals surface area contributed by atoms with Crippen molar-refractivity contribution in [3.05, 3.63) is 77.6 Å². The Kier molecular flexibility index (Phi) is 5.10. The van der Waals surface area contributed by atoms with Crippen LogP contribution >= 0.6 is 0 Å². The van der Waals surface area contributed by atoms with Crippen molar-refractivity contribution in [3.8, 4) is 11.5 Å². The number of nitrogens with zero attached hydrogens (tertiary/aromatic N) is 2. The molecule has 1 aliphatic heterocycles. The van der Waals surface area contributed by atoms with Gasteiger partial charge in [-0.2, -0.15) is 4.31 Å². The number of hydrogen-bond acceptors (Lipinski definition) is 4. The second-order valence-corrected chi connectivity index (χ2v) is 8.94. The Hall–Kier alpha value is -2.77. The number of aryl methyl sites for hydroxylation is 1. The molecule has 1 aliphatic rings. The van der Waals surface area contributed by atoms with E-state index in [9.17, 15) is 8.42 Å². The topological polar surface area (TPSA) is 60.8 Å². The number of aromatic nitrogens is 1. The monoisotopic (exact) mass is 412 g/mol. The SMILES string of the molecule is COc1ccc([C@H]2c3cccn3CCN2S(=O)(=O)c2ccc(OC)c(C)c2)cc1. The van der Waals surface area contributed by atoms with E-state index in [0.29, 0.717) is 18.8 Å². The van der Waals surface area contributed by atoms with Crippen LogP contribution in [0.2, 0.25) is 0 Å². The highest BCUT2D eigenvalue weighted by Crippen LogP contribution is 2.37. The predicted molar refractivity (Wildman–Crippen MR) is 111 cm³/mol. The molecule has 2 heterocycles. The third kappa shape index (κ3) is 3.41. The maximum atomic E-state index is 13.6. The molecule has 7 heteroatoms. The first-order valence-electron chi connectivity index (χ1n) is 9.41. The fraction of sp³-hybridized carbons (Fsp3) is 0.273. The van der Waals surface area contributed by atoms with Crippen LogP contribution in [0.5, 0.6) is 11.5 Å². The molecule has 3 aromatic rings. The lowest BCUT2D eigenvalue weighted by molar-refractivity contribution is 0.298. The Bertz CT molecular complexity index is 1120. The Morgan fingerprint density at radius 3 is 2.38 bits per heavy atom. The van der Waals surface area contributed by atoms with Gasteiger partial charge in [-0.25, -0.2) is 8.42 Å². The van der Waals surface area contributed by atoms with Gasteiger partial charge in [0, 0.05) is 25.0 Å². The Balaban J connectivity index is 1.81. The summed E-state index contributed by atoms with van der Waals surface area (Å²) in [6.45, 7) is 2.86. The highest BCUT2D eigenvalue weighted by molar-refractivity contribution is 7.89. The molecule has 0 spiro atoms. The van der Waals surface area contributed by atoms with E-state index in [0.717, 1.165) is 22.6 Å². The molecule has 0 aliphatic carbocycles. The van der Waals surface area contributed by atoms with Crippen molar-refractivity contribution in [1.29, 1.82) is 0 Å². The van der Waals surface area contributed by atoms with Crippen LogP contribution in [-0.2, 0) is 16.6 Å². The molecule has 1 atom stereocenters. The van der Waals surface area contributed by atoms with Gasteiger partial charge < -0.3 is 14.0 Å². The van der Waals surface area contributed by atoms with E-state index >= 15 is 0 Å². The van der Waals surface area contributed by atoms with Crippen molar-refractivity contribution in [2.24, 2.45) is 0 Å². The Morgan fingerprint density at radius 1 is 0.966 bits per heavy atom. The number of methoxy groups -OCH3 is 2. The Morgan fingerprint density at radius 2 is 1.72 bits per heavy atom. The second kappa shape index (κ2) is 7.57. The van der Waals surface area contributed by atoms with Gasteiger partial charge in [0.15, 0.2) is 0 Å². The van der Waals surface area contributed by atoms with Crippen LogP contribution in [0, 0.1) is 6.92 Å². The lowest BCUT2D eigenvalue weighted by Gasteiger charge is -2.36. The Labute approximate surface area is 171 Å². The van der Waals surface area contributed by atoms with Crippen LogP contribution in [0.3, 0.4) is 0 Å². The largest absolute Gasteiger partial charge is 0.497 e. The van der Waals surface area contributed by atoms with Gasteiger partial charge >= 0.3 is 0 Å². The first kappa shape index (κ1) is 19.5. The van der Waals surface area contributed by atoms with Gasteiger partial charge in [0.25, 0.3) is 0 Å². The lowest BCUT2D eigenvalue weighted by Crippen LogP contribution is -2.42. The summed E-state index contributed by atoms with van der Waals surface area (Å²) in [4.78, 5) is 0.273. The molecular formula is C22H24N2O4S. The van der Waals surface area contributed by atoms with Crippen molar-refractivity contribution in [2.75, 3.05) is 20.8 Å². The molecule has 152 valence electrons. The summed E-state index contributed by atoms with van der Waals surface area (Å²) in [5.41, 5.74) is 2.64. The third-order valence-corrected chi connectivity index (χ3v) is 7.26. The quantitative estimate of drug-likeness (QED) is 0.642. The van der Waals surface area contributed by atoms with E-state index in [4.69, 9.17) is 9.47 Å². The molecular weight excluding hydrogens is 388 g/mol. The number of benzene rings is 2. The molecule has 4 rings (SSSR count). The molecule has 2 aromatic carbocycles. The van der Waals surface area contributed by atoms with E-state index < -0.39 is 16.1 Å². The second-order valence-electron chi connectivity index (χ2n) is 7.05. The highest BCUT2D eigenvalue weighted by Gasteiger charge is 2.37. The zero-order valence-electron chi connectivity index (χ0n) is 16.7. The fourth-order valence-corrected chi connectivity index (χ4v) is 5.56. The standard InChI is InChI=1S/C22H24N2O4S/c1-16-15-19(10-11-21(16)28-3)29(25,26)24-14-13-23-12-4-5-20(23)22(24)17-6-8-18(27-2)9-7-17/h4-12,15,22H,13-14H2,1-3H3/t22-/m0/s1. The highest BCUT2D eigenvalue weighted by atomic mass is 32.2. The summed E-state index contributed by atoms with van der Waals surface area (Å²) < 4.78 is 41.5. The van der Waals surface area contributed by atoms with E-state index in [2.05, 4.69) is 4.57 Å². The molecule has 0 fully saturated rings. The molecule has 0 saturated heterocycles. The minimum atomic E-state index is -3.71. The van der Waals surface area contributed by atoms with Crippen LogP contribution in [0.25, 0.3) is 0 Å². The molecule has 0 N–H and O–H groups in total. The third-order valence-electron chi connectivity index (χ3n) is 5.40. The molecule has 6 nitrogen and oxygen atoms in total. The molecule has 0 bridgehead atoms. The van der Waals surface area contributed by atoms with E-state index in [1.54, 1.807) is 36.7 Å². The average Bonchev–Trinajstić information content (AvgIpc) is 3.22. The van der Waals surface area contributed by atoms with Crippen molar-refractivity contribution in [3.63, 3.8) is 0 Å². The van der Waals surface area contributed by atoms with Crippen LogP contribution in [0.4, 0.5) is 0 Å². The number of ether oxygens (including phenoxy) is 2. The van der Waals surface area contributed by atoms with E-state index in [1.807, 2.05) is 49.5 Å². The predicted octanol–water partition coefficient (Wildman–Crippen LogP) is 3.61. The van der Waals surface area contributed by atoms with Crippen LogP contribution in [0.1, 0.15) is 22.9 Å². The number of rotatable bonds is 5. The molecule has 1 aromatic heterocycles. The summed E-state index contributed by atoms with van der Waals surface area (Å²) in [6.07, 6.45) is 1.99. The molecule has 29 heavy (non-hydrogen) atoms. The number of sulfonamides is 1. The first-order chi connectivity index (χ1) is 14.0.